The molecule has 37 heavy (non-hydrogen) atoms. The van der Waals surface area contributed by atoms with Crippen LogP contribution in [-0.2, 0) is 0 Å². The van der Waals surface area contributed by atoms with Gasteiger partial charge in [-0.3, -0.25) is 0 Å². The predicted octanol–water partition coefficient (Wildman–Crippen LogP) is 7.70. The summed E-state index contributed by atoms with van der Waals surface area (Å²) in [5.74, 6) is 0.204. The zero-order valence-corrected chi connectivity index (χ0v) is 19.8. The molecule has 0 radical (unpaired) electrons. The number of hydrogen-bond donors (Lipinski definition) is 3. The van der Waals surface area contributed by atoms with Gasteiger partial charge in [0.15, 0.2) is 0 Å². The van der Waals surface area contributed by atoms with Gasteiger partial charge in [0.05, 0.1) is 22.8 Å². The summed E-state index contributed by atoms with van der Waals surface area (Å²) in [6.07, 6.45) is 8.08. The van der Waals surface area contributed by atoms with Crippen molar-refractivity contribution in [2.75, 3.05) is 0 Å². The van der Waals surface area contributed by atoms with Gasteiger partial charge >= 0.3 is 0 Å². The Bertz CT molecular complexity index is 1890. The van der Waals surface area contributed by atoms with E-state index in [0.29, 0.717) is 5.56 Å². The maximum absolute atomic E-state index is 10.8. The molecule has 2 aliphatic rings. The van der Waals surface area contributed by atoms with E-state index in [2.05, 4.69) is 34.2 Å². The van der Waals surface area contributed by atoms with Crippen molar-refractivity contribution in [2.24, 2.45) is 0 Å². The molecule has 5 aromatic rings. The van der Waals surface area contributed by atoms with Crippen molar-refractivity contribution in [1.82, 2.24) is 19.9 Å². The highest BCUT2D eigenvalue weighted by Crippen LogP contribution is 2.37. The number of fused-ring (bicyclic) bond motifs is 8. The van der Waals surface area contributed by atoms with Crippen molar-refractivity contribution in [3.63, 3.8) is 0 Å². The van der Waals surface area contributed by atoms with Crippen LogP contribution in [0.25, 0.3) is 68.6 Å². The van der Waals surface area contributed by atoms with E-state index in [1.54, 1.807) is 6.07 Å². The fourth-order valence-corrected chi connectivity index (χ4v) is 4.95. The van der Waals surface area contributed by atoms with Gasteiger partial charge in [-0.25, -0.2) is 9.97 Å². The Labute approximate surface area is 213 Å². The molecule has 0 amide bonds. The molecule has 5 heteroatoms. The molecule has 3 aromatic heterocycles. The van der Waals surface area contributed by atoms with E-state index in [9.17, 15) is 5.11 Å². The summed E-state index contributed by atoms with van der Waals surface area (Å²) < 4.78 is 0. The first-order valence-corrected chi connectivity index (χ1v) is 12.2. The van der Waals surface area contributed by atoms with E-state index in [1.807, 2.05) is 85.0 Å². The van der Waals surface area contributed by atoms with E-state index in [-0.39, 0.29) is 5.75 Å². The second-order valence-corrected chi connectivity index (χ2v) is 9.09. The number of phenols is 1. The summed E-state index contributed by atoms with van der Waals surface area (Å²) in [4.78, 5) is 17.0. The van der Waals surface area contributed by atoms with Gasteiger partial charge in [0.1, 0.15) is 5.75 Å². The van der Waals surface area contributed by atoms with Gasteiger partial charge in [-0.1, -0.05) is 48.5 Å². The number of H-pyrrole nitrogens is 2. The average molecular weight is 479 g/mol. The molecule has 0 spiro atoms. The summed E-state index contributed by atoms with van der Waals surface area (Å²) in [7, 11) is 0. The molecule has 176 valence electrons. The molecule has 0 aliphatic carbocycles. The van der Waals surface area contributed by atoms with Crippen molar-refractivity contribution < 1.29 is 5.11 Å². The summed E-state index contributed by atoms with van der Waals surface area (Å²) in [5.41, 5.74) is 10.7. The molecule has 5 heterocycles. The molecule has 0 unspecified atom stereocenters. The molecule has 0 atom stereocenters. The normalized spacial score (nSPS) is 12.2. The van der Waals surface area contributed by atoms with E-state index >= 15 is 0 Å². The highest BCUT2D eigenvalue weighted by Gasteiger charge is 2.16. The third-order valence-corrected chi connectivity index (χ3v) is 6.63. The number of aromatic amines is 2. The fraction of sp³-hybridized carbons (Fsp3) is 0. The molecular formula is C32H22N4O. The van der Waals surface area contributed by atoms with Crippen LogP contribution >= 0.6 is 0 Å². The number of hydrogen-bond acceptors (Lipinski definition) is 3. The Morgan fingerprint density at radius 1 is 0.541 bits per heavy atom. The molecule has 3 N–H and O–H groups in total. The summed E-state index contributed by atoms with van der Waals surface area (Å²) in [6.45, 7) is 0. The number of nitrogens with one attached hydrogen (secondary N) is 2. The Morgan fingerprint density at radius 3 is 1.81 bits per heavy atom. The molecule has 2 aromatic carbocycles. The minimum absolute atomic E-state index is 0.204. The second kappa shape index (κ2) is 8.50. The van der Waals surface area contributed by atoms with Crippen LogP contribution in [0.3, 0.4) is 0 Å². The van der Waals surface area contributed by atoms with Crippen LogP contribution in [0.2, 0.25) is 0 Å². The lowest BCUT2D eigenvalue weighted by atomic mass is 10.0. The first-order valence-electron chi connectivity index (χ1n) is 12.2. The molecule has 2 aliphatic heterocycles. The van der Waals surface area contributed by atoms with Crippen LogP contribution in [-0.4, -0.2) is 25.0 Å². The third-order valence-electron chi connectivity index (χ3n) is 6.63. The smallest absolute Gasteiger partial charge is 0.123 e. The first kappa shape index (κ1) is 21.1. The van der Waals surface area contributed by atoms with E-state index in [4.69, 9.17) is 9.97 Å². The van der Waals surface area contributed by atoms with E-state index in [1.165, 1.54) is 0 Å². The van der Waals surface area contributed by atoms with Crippen molar-refractivity contribution in [3.05, 3.63) is 114 Å². The minimum Gasteiger partial charge on any atom is -0.507 e. The van der Waals surface area contributed by atoms with Crippen molar-refractivity contribution >= 4 is 46.4 Å². The van der Waals surface area contributed by atoms with Gasteiger partial charge in [-0.15, -0.1) is 0 Å². The van der Waals surface area contributed by atoms with E-state index < -0.39 is 0 Å². The number of aromatic nitrogens is 4. The van der Waals surface area contributed by atoms with Gasteiger partial charge in [0.2, 0.25) is 0 Å². The number of nitrogens with zero attached hydrogens (tertiary/aromatic N) is 2. The van der Waals surface area contributed by atoms with Crippen LogP contribution < -0.4 is 0 Å². The highest BCUT2D eigenvalue weighted by molar-refractivity contribution is 5.96. The Morgan fingerprint density at radius 2 is 1.14 bits per heavy atom. The molecule has 7 rings (SSSR count). The van der Waals surface area contributed by atoms with Crippen LogP contribution in [0, 0.1) is 0 Å². The Kier molecular flexibility index (Phi) is 4.86. The molecule has 5 nitrogen and oxygen atoms in total. The minimum atomic E-state index is 0.204. The topological polar surface area (TPSA) is 77.6 Å². The molecular weight excluding hydrogens is 456 g/mol. The lowest BCUT2D eigenvalue weighted by molar-refractivity contribution is 0.477. The zero-order chi connectivity index (χ0) is 24.8. The van der Waals surface area contributed by atoms with Crippen molar-refractivity contribution in [3.8, 4) is 28.0 Å². The lowest BCUT2D eigenvalue weighted by Crippen LogP contribution is -1.88. The maximum Gasteiger partial charge on any atom is 0.123 e. The second-order valence-electron chi connectivity index (χ2n) is 9.09. The van der Waals surface area contributed by atoms with Gasteiger partial charge < -0.3 is 15.1 Å². The molecule has 0 saturated heterocycles. The summed E-state index contributed by atoms with van der Waals surface area (Å²) >= 11 is 0. The zero-order valence-electron chi connectivity index (χ0n) is 19.8. The van der Waals surface area contributed by atoms with Crippen molar-refractivity contribution in [1.29, 1.82) is 0 Å². The highest BCUT2D eigenvalue weighted by atomic mass is 16.3. The summed E-state index contributed by atoms with van der Waals surface area (Å²) in [6, 6.07) is 29.9. The number of benzene rings is 2. The maximum atomic E-state index is 10.8. The predicted molar refractivity (Wildman–Crippen MR) is 151 cm³/mol. The van der Waals surface area contributed by atoms with Crippen LogP contribution in [0.5, 0.6) is 5.75 Å². The summed E-state index contributed by atoms with van der Waals surface area (Å²) in [5, 5.41) is 10.8. The van der Waals surface area contributed by atoms with Gasteiger partial charge in [-0.05, 0) is 72.3 Å². The molecule has 0 fully saturated rings. The van der Waals surface area contributed by atoms with Crippen molar-refractivity contribution in [2.45, 2.75) is 0 Å². The van der Waals surface area contributed by atoms with Crippen LogP contribution in [0.4, 0.5) is 0 Å². The SMILES string of the molecule is Oc1ccccc1-c1c2nc(c(-c3ccccc3)c3ccc(cc4nc(cc5ccc1[nH]5)C=C4)[nH]3)C=C2. The number of aromatic hydroxyl groups is 1. The quantitative estimate of drug-likeness (QED) is 0.238. The van der Waals surface area contributed by atoms with E-state index in [0.717, 1.165) is 61.5 Å². The average Bonchev–Trinajstić information content (AvgIpc) is 3.72. The van der Waals surface area contributed by atoms with Gasteiger partial charge in [0.25, 0.3) is 0 Å². The van der Waals surface area contributed by atoms with Gasteiger partial charge in [-0.2, -0.15) is 0 Å². The van der Waals surface area contributed by atoms with Crippen LogP contribution in [0.15, 0.2) is 91.0 Å². The molecule has 0 saturated carbocycles. The largest absolute Gasteiger partial charge is 0.507 e. The monoisotopic (exact) mass is 478 g/mol. The van der Waals surface area contributed by atoms with Crippen LogP contribution in [0.1, 0.15) is 22.8 Å². The number of para-hydroxylation sites is 1. The first-order chi connectivity index (χ1) is 18.2. The third kappa shape index (κ3) is 3.83. The Balaban J connectivity index is 1.65. The standard InChI is InChI=1S/C32H22N4O/c37-30-9-5-4-8-25(30)32-28-15-13-24(35-28)19-22-11-10-21(33-22)18-23-12-14-26(34-23)31(20-6-2-1-3-7-20)27-16-17-29(32)36-27/h1-19,34-35,37H. The Hall–Kier alpha value is -5.16. The number of phenolic OH excluding ortho intramolecular Hbond substituents is 1. The fourth-order valence-electron chi connectivity index (χ4n) is 4.95. The lowest BCUT2D eigenvalue weighted by Gasteiger charge is -2.06. The number of rotatable bonds is 2. The molecule has 8 bridgehead atoms. The van der Waals surface area contributed by atoms with Gasteiger partial charge in [0, 0.05) is 38.8 Å².